The van der Waals surface area contributed by atoms with E-state index in [9.17, 15) is 14.7 Å². The Hall–Kier alpha value is -3.61. The van der Waals surface area contributed by atoms with E-state index in [2.05, 4.69) is 4.98 Å². The van der Waals surface area contributed by atoms with Crippen LogP contribution in [-0.2, 0) is 6.42 Å². The van der Waals surface area contributed by atoms with Gasteiger partial charge in [0.25, 0.3) is 5.56 Å². The van der Waals surface area contributed by atoms with Crippen LogP contribution in [0, 0.1) is 0 Å². The molecule has 1 N–H and O–H groups in total. The van der Waals surface area contributed by atoms with E-state index in [0.29, 0.717) is 48.0 Å². The molecule has 30 heavy (non-hydrogen) atoms. The fraction of sp³-hybridized carbons (Fsp3) is 0.261. The van der Waals surface area contributed by atoms with Crippen LogP contribution in [0.4, 0.5) is 0 Å². The van der Waals surface area contributed by atoms with Crippen molar-refractivity contribution in [1.82, 2.24) is 9.38 Å². The molecule has 0 fully saturated rings. The number of pyridine rings is 1. The number of hydrogen-bond donors (Lipinski definition) is 1. The summed E-state index contributed by atoms with van der Waals surface area (Å²) >= 11 is 0. The number of para-hydroxylation sites is 1. The number of aromatic carboxylic acids is 1. The van der Waals surface area contributed by atoms with Gasteiger partial charge >= 0.3 is 5.97 Å². The Bertz CT molecular complexity index is 1160. The maximum absolute atomic E-state index is 12.9. The summed E-state index contributed by atoms with van der Waals surface area (Å²) in [6.45, 7) is 6.70. The van der Waals surface area contributed by atoms with Crippen LogP contribution in [0.2, 0.25) is 0 Å². The van der Waals surface area contributed by atoms with E-state index >= 15 is 0 Å². The van der Waals surface area contributed by atoms with E-state index < -0.39 is 5.97 Å². The second-order valence-electron chi connectivity index (χ2n) is 6.46. The summed E-state index contributed by atoms with van der Waals surface area (Å²) in [5.74, 6) is 0.202. The van der Waals surface area contributed by atoms with Gasteiger partial charge < -0.3 is 14.6 Å². The lowest BCUT2D eigenvalue weighted by atomic mass is 10.1. The highest BCUT2D eigenvalue weighted by Crippen LogP contribution is 2.32. The summed E-state index contributed by atoms with van der Waals surface area (Å²) < 4.78 is 12.7. The first-order valence-corrected chi connectivity index (χ1v) is 9.85. The van der Waals surface area contributed by atoms with Gasteiger partial charge in [0, 0.05) is 17.3 Å². The van der Waals surface area contributed by atoms with Crippen molar-refractivity contribution in [3.05, 3.63) is 69.3 Å². The minimum atomic E-state index is -1.09. The largest absolute Gasteiger partial charge is 0.490 e. The third-order valence-electron chi connectivity index (χ3n) is 4.57. The molecule has 0 spiro atoms. The molecule has 0 aliphatic heterocycles. The van der Waals surface area contributed by atoms with E-state index in [0.717, 1.165) is 5.56 Å². The van der Waals surface area contributed by atoms with Crippen molar-refractivity contribution in [1.29, 1.82) is 0 Å². The summed E-state index contributed by atoms with van der Waals surface area (Å²) in [5, 5.41) is 9.19. The topological polar surface area (TPSA) is 90.1 Å². The van der Waals surface area contributed by atoms with Gasteiger partial charge in [-0.25, -0.2) is 9.78 Å². The average molecular weight is 408 g/mol. The summed E-state index contributed by atoms with van der Waals surface area (Å²) in [6.07, 6.45) is 5.39. The normalized spacial score (nSPS) is 11.2. The Balaban J connectivity index is 2.11. The third-order valence-corrected chi connectivity index (χ3v) is 4.57. The molecule has 2 heterocycles. The quantitative estimate of drug-likeness (QED) is 0.608. The van der Waals surface area contributed by atoms with Crippen molar-refractivity contribution < 1.29 is 19.4 Å². The van der Waals surface area contributed by atoms with Crippen LogP contribution >= 0.6 is 0 Å². The number of fused-ring (bicyclic) bond motifs is 1. The second-order valence-corrected chi connectivity index (χ2v) is 6.46. The lowest BCUT2D eigenvalue weighted by Gasteiger charge is -2.13. The third kappa shape index (κ3) is 4.20. The molecule has 7 nitrogen and oxygen atoms in total. The molecule has 0 bridgehead atoms. The standard InChI is InChI=1S/C23H24N2O5/c1-4-17-18(24-20-13-11-16(23(27)28)14-25(20)22(17)26)12-10-15-8-7-9-19(29-5-2)21(15)30-6-3/h7-14H,4-6H2,1-3H3,(H,27,28). The van der Waals surface area contributed by atoms with E-state index in [1.165, 1.54) is 22.7 Å². The van der Waals surface area contributed by atoms with E-state index in [4.69, 9.17) is 9.47 Å². The SMILES string of the molecule is CCOc1cccc(C=Cc2nc3ccc(C(=O)O)cn3c(=O)c2CC)c1OCC. The number of nitrogens with zero attached hydrogens (tertiary/aromatic N) is 2. The molecule has 3 aromatic rings. The summed E-state index contributed by atoms with van der Waals surface area (Å²) in [4.78, 5) is 28.7. The molecule has 2 aromatic heterocycles. The lowest BCUT2D eigenvalue weighted by molar-refractivity contribution is 0.0696. The average Bonchev–Trinajstić information content (AvgIpc) is 2.74. The molecule has 0 saturated carbocycles. The van der Waals surface area contributed by atoms with Crippen molar-refractivity contribution in [2.45, 2.75) is 27.2 Å². The monoisotopic (exact) mass is 408 g/mol. The Kier molecular flexibility index (Phi) is 6.51. The second kappa shape index (κ2) is 9.26. The number of benzene rings is 1. The van der Waals surface area contributed by atoms with Crippen molar-refractivity contribution in [2.75, 3.05) is 13.2 Å². The van der Waals surface area contributed by atoms with Gasteiger partial charge in [0.1, 0.15) is 5.65 Å². The van der Waals surface area contributed by atoms with Crippen LogP contribution in [-0.4, -0.2) is 33.7 Å². The lowest BCUT2D eigenvalue weighted by Crippen LogP contribution is -2.22. The van der Waals surface area contributed by atoms with Gasteiger partial charge in [0.05, 0.1) is 24.5 Å². The fourth-order valence-corrected chi connectivity index (χ4v) is 3.19. The molecule has 0 radical (unpaired) electrons. The van der Waals surface area contributed by atoms with Crippen molar-refractivity contribution in [2.24, 2.45) is 0 Å². The number of ether oxygens (including phenoxy) is 2. The molecule has 156 valence electrons. The minimum Gasteiger partial charge on any atom is -0.490 e. The number of carboxylic acids is 1. The Labute approximate surface area is 174 Å². The molecule has 1 aromatic carbocycles. The van der Waals surface area contributed by atoms with Crippen molar-refractivity contribution >= 4 is 23.8 Å². The van der Waals surface area contributed by atoms with Gasteiger partial charge in [0.15, 0.2) is 11.5 Å². The van der Waals surface area contributed by atoms with E-state index in [1.54, 1.807) is 6.08 Å². The number of carbonyl (C=O) groups is 1. The first kappa shape index (κ1) is 21.1. The summed E-state index contributed by atoms with van der Waals surface area (Å²) in [7, 11) is 0. The maximum Gasteiger partial charge on any atom is 0.337 e. The number of hydrogen-bond acceptors (Lipinski definition) is 5. The number of rotatable bonds is 8. The highest BCUT2D eigenvalue weighted by atomic mass is 16.5. The smallest absolute Gasteiger partial charge is 0.337 e. The first-order chi connectivity index (χ1) is 14.5. The van der Waals surface area contributed by atoms with Gasteiger partial charge in [-0.15, -0.1) is 0 Å². The van der Waals surface area contributed by atoms with Crippen LogP contribution in [0.25, 0.3) is 17.8 Å². The zero-order valence-electron chi connectivity index (χ0n) is 17.2. The number of carboxylic acid groups (broad SMARTS) is 1. The molecule has 7 heteroatoms. The summed E-state index contributed by atoms with van der Waals surface area (Å²) in [5.41, 5.74) is 1.99. The highest BCUT2D eigenvalue weighted by Gasteiger charge is 2.13. The molecular formula is C23H24N2O5. The molecular weight excluding hydrogens is 384 g/mol. The first-order valence-electron chi connectivity index (χ1n) is 9.85. The Morgan fingerprint density at radius 3 is 2.53 bits per heavy atom. The van der Waals surface area contributed by atoms with Gasteiger partial charge in [-0.2, -0.15) is 0 Å². The van der Waals surface area contributed by atoms with Crippen molar-refractivity contribution in [3.8, 4) is 11.5 Å². The minimum absolute atomic E-state index is 0.0332. The Morgan fingerprint density at radius 1 is 1.10 bits per heavy atom. The Morgan fingerprint density at radius 2 is 1.87 bits per heavy atom. The highest BCUT2D eigenvalue weighted by molar-refractivity contribution is 5.87. The van der Waals surface area contributed by atoms with Crippen LogP contribution in [0.3, 0.4) is 0 Å². The van der Waals surface area contributed by atoms with Crippen LogP contribution in [0.1, 0.15) is 48.0 Å². The molecule has 0 atom stereocenters. The fourth-order valence-electron chi connectivity index (χ4n) is 3.19. The number of aromatic nitrogens is 2. The predicted molar refractivity (Wildman–Crippen MR) is 116 cm³/mol. The van der Waals surface area contributed by atoms with Gasteiger partial charge in [0.2, 0.25) is 0 Å². The van der Waals surface area contributed by atoms with Crippen molar-refractivity contribution in [3.63, 3.8) is 0 Å². The van der Waals surface area contributed by atoms with Crippen LogP contribution < -0.4 is 15.0 Å². The van der Waals surface area contributed by atoms with Gasteiger partial charge in [-0.3, -0.25) is 9.20 Å². The molecule has 3 rings (SSSR count). The maximum atomic E-state index is 12.9. The zero-order chi connectivity index (χ0) is 21.7. The zero-order valence-corrected chi connectivity index (χ0v) is 17.2. The molecule has 0 amide bonds. The van der Waals surface area contributed by atoms with E-state index in [1.807, 2.05) is 45.0 Å². The molecule has 0 saturated heterocycles. The van der Waals surface area contributed by atoms with Gasteiger partial charge in [-0.1, -0.05) is 19.1 Å². The molecule has 0 aliphatic carbocycles. The van der Waals surface area contributed by atoms with E-state index in [-0.39, 0.29) is 11.1 Å². The van der Waals surface area contributed by atoms with Crippen LogP contribution in [0.15, 0.2) is 41.3 Å². The molecule has 0 unspecified atom stereocenters. The van der Waals surface area contributed by atoms with Crippen LogP contribution in [0.5, 0.6) is 11.5 Å². The summed E-state index contributed by atoms with van der Waals surface area (Å²) in [6, 6.07) is 8.60. The van der Waals surface area contributed by atoms with Gasteiger partial charge in [-0.05, 0) is 50.6 Å². The predicted octanol–water partition coefficient (Wildman–Crippen LogP) is 3.92. The molecule has 0 aliphatic rings.